The quantitative estimate of drug-likeness (QED) is 0.759. The highest BCUT2D eigenvalue weighted by Crippen LogP contribution is 2.29. The fraction of sp³-hybridized carbons (Fsp3) is 0.389. The van der Waals surface area contributed by atoms with Gasteiger partial charge in [-0.15, -0.1) is 11.3 Å². The molecular weight excluding hydrogens is 346 g/mol. The van der Waals surface area contributed by atoms with Crippen molar-refractivity contribution in [2.24, 2.45) is 0 Å². The molecule has 4 heterocycles. The van der Waals surface area contributed by atoms with Gasteiger partial charge in [0, 0.05) is 37.1 Å². The molecule has 0 bridgehead atoms. The molecule has 0 aromatic carbocycles. The van der Waals surface area contributed by atoms with Crippen LogP contribution in [-0.2, 0) is 0 Å². The molecule has 1 saturated heterocycles. The number of aryl methyl sites for hydroxylation is 3. The lowest BCUT2D eigenvalue weighted by atomic mass is 10.2. The van der Waals surface area contributed by atoms with E-state index in [0.717, 1.165) is 58.2 Å². The lowest BCUT2D eigenvalue weighted by Crippen LogP contribution is -2.27. The molecule has 1 unspecified atom stereocenters. The maximum atomic E-state index is 4.79. The van der Waals surface area contributed by atoms with Gasteiger partial charge in [-0.25, -0.2) is 24.9 Å². The topological polar surface area (TPSA) is 79.7 Å². The normalized spacial score (nSPS) is 16.9. The van der Waals surface area contributed by atoms with Crippen molar-refractivity contribution in [3.8, 4) is 10.6 Å². The van der Waals surface area contributed by atoms with E-state index in [0.29, 0.717) is 6.04 Å². The molecule has 3 aromatic rings. The number of nitrogens with zero attached hydrogens (tertiary/aromatic N) is 6. The summed E-state index contributed by atoms with van der Waals surface area (Å²) in [5.74, 6) is 1.64. The van der Waals surface area contributed by atoms with Gasteiger partial charge in [-0.2, -0.15) is 0 Å². The summed E-state index contributed by atoms with van der Waals surface area (Å²) in [6.45, 7) is 7.80. The van der Waals surface area contributed by atoms with Gasteiger partial charge in [0.05, 0.1) is 21.3 Å². The Balaban J connectivity index is 1.49. The Labute approximate surface area is 156 Å². The van der Waals surface area contributed by atoms with E-state index >= 15 is 0 Å². The standard InChI is InChI=1S/C18H21N7S/c1-11-8-16(21-10-20-11)23-14-5-7-25(9-14)18-19-6-4-15(24-18)17-12(2)22-13(3)26-17/h4,6,8,10,14H,5,7,9H2,1-3H3,(H,20,21,23). The number of thiazole rings is 1. The molecule has 1 aliphatic rings. The summed E-state index contributed by atoms with van der Waals surface area (Å²) in [5.41, 5.74) is 2.93. The number of nitrogens with one attached hydrogen (secondary N) is 1. The zero-order chi connectivity index (χ0) is 18.1. The zero-order valence-corrected chi connectivity index (χ0v) is 15.9. The van der Waals surface area contributed by atoms with Crippen LogP contribution in [0.5, 0.6) is 0 Å². The summed E-state index contributed by atoms with van der Waals surface area (Å²) in [6, 6.07) is 4.25. The van der Waals surface area contributed by atoms with Gasteiger partial charge in [0.2, 0.25) is 5.95 Å². The Morgan fingerprint density at radius 3 is 2.81 bits per heavy atom. The molecule has 134 valence electrons. The van der Waals surface area contributed by atoms with E-state index in [-0.39, 0.29) is 0 Å². The lowest BCUT2D eigenvalue weighted by Gasteiger charge is -2.17. The molecular formula is C18H21N7S. The Kier molecular flexibility index (Phi) is 4.50. The van der Waals surface area contributed by atoms with E-state index in [2.05, 4.69) is 30.2 Å². The van der Waals surface area contributed by atoms with Crippen molar-refractivity contribution in [2.75, 3.05) is 23.3 Å². The van der Waals surface area contributed by atoms with Crippen LogP contribution >= 0.6 is 11.3 Å². The van der Waals surface area contributed by atoms with E-state index in [1.165, 1.54) is 0 Å². The van der Waals surface area contributed by atoms with Crippen LogP contribution in [0.1, 0.15) is 22.8 Å². The average Bonchev–Trinajstić information content (AvgIpc) is 3.21. The Morgan fingerprint density at radius 1 is 1.15 bits per heavy atom. The van der Waals surface area contributed by atoms with Gasteiger partial charge in [0.1, 0.15) is 12.1 Å². The Morgan fingerprint density at radius 2 is 2.04 bits per heavy atom. The zero-order valence-electron chi connectivity index (χ0n) is 15.1. The highest BCUT2D eigenvalue weighted by molar-refractivity contribution is 7.15. The third kappa shape index (κ3) is 3.50. The van der Waals surface area contributed by atoms with Crippen molar-refractivity contribution in [2.45, 2.75) is 33.2 Å². The predicted octanol–water partition coefficient (Wildman–Crippen LogP) is 3.01. The molecule has 1 atom stereocenters. The van der Waals surface area contributed by atoms with E-state index in [9.17, 15) is 0 Å². The number of hydrogen-bond donors (Lipinski definition) is 1. The molecule has 8 heteroatoms. The van der Waals surface area contributed by atoms with Crippen LogP contribution in [0.25, 0.3) is 10.6 Å². The second-order valence-electron chi connectivity index (χ2n) is 6.51. The third-order valence-electron chi connectivity index (χ3n) is 4.41. The predicted molar refractivity (Wildman–Crippen MR) is 104 cm³/mol. The van der Waals surface area contributed by atoms with Crippen LogP contribution < -0.4 is 10.2 Å². The highest BCUT2D eigenvalue weighted by atomic mass is 32.1. The minimum atomic E-state index is 0.323. The van der Waals surface area contributed by atoms with Crippen LogP contribution in [0, 0.1) is 20.8 Å². The van der Waals surface area contributed by atoms with E-state index in [4.69, 9.17) is 4.98 Å². The van der Waals surface area contributed by atoms with E-state index in [1.54, 1.807) is 17.7 Å². The summed E-state index contributed by atoms with van der Waals surface area (Å²) < 4.78 is 0. The first-order valence-electron chi connectivity index (χ1n) is 8.66. The summed E-state index contributed by atoms with van der Waals surface area (Å²) >= 11 is 1.68. The SMILES string of the molecule is Cc1cc(NC2CCN(c3nccc(-c4sc(C)nc4C)n3)C2)ncn1. The van der Waals surface area contributed by atoms with Gasteiger partial charge in [-0.05, 0) is 33.3 Å². The van der Waals surface area contributed by atoms with Gasteiger partial charge < -0.3 is 10.2 Å². The maximum Gasteiger partial charge on any atom is 0.225 e. The van der Waals surface area contributed by atoms with Crippen molar-refractivity contribution in [1.82, 2.24) is 24.9 Å². The van der Waals surface area contributed by atoms with Crippen molar-refractivity contribution >= 4 is 23.1 Å². The molecule has 1 aliphatic heterocycles. The Bertz CT molecular complexity index is 923. The molecule has 0 saturated carbocycles. The van der Waals surface area contributed by atoms with E-state index < -0.39 is 0 Å². The maximum absolute atomic E-state index is 4.79. The molecule has 0 aliphatic carbocycles. The number of aromatic nitrogens is 5. The van der Waals surface area contributed by atoms with E-state index in [1.807, 2.05) is 39.1 Å². The van der Waals surface area contributed by atoms with Gasteiger partial charge in [0.25, 0.3) is 0 Å². The van der Waals surface area contributed by atoms with Gasteiger partial charge >= 0.3 is 0 Å². The first-order chi connectivity index (χ1) is 12.6. The number of hydrogen-bond acceptors (Lipinski definition) is 8. The summed E-state index contributed by atoms with van der Waals surface area (Å²) in [4.78, 5) is 25.5. The highest BCUT2D eigenvalue weighted by Gasteiger charge is 2.25. The number of rotatable bonds is 4. The second-order valence-corrected chi connectivity index (χ2v) is 7.71. The fourth-order valence-corrected chi connectivity index (χ4v) is 4.09. The second kappa shape index (κ2) is 6.95. The van der Waals surface area contributed by atoms with Crippen LogP contribution in [0.3, 0.4) is 0 Å². The molecule has 26 heavy (non-hydrogen) atoms. The summed E-state index contributed by atoms with van der Waals surface area (Å²) in [6.07, 6.45) is 4.45. The molecule has 4 rings (SSSR count). The third-order valence-corrected chi connectivity index (χ3v) is 5.50. The first kappa shape index (κ1) is 16.8. The van der Waals surface area contributed by atoms with Gasteiger partial charge in [0.15, 0.2) is 0 Å². The van der Waals surface area contributed by atoms with Gasteiger partial charge in [-0.3, -0.25) is 0 Å². The average molecular weight is 367 g/mol. The van der Waals surface area contributed by atoms with Crippen molar-refractivity contribution in [3.05, 3.63) is 41.1 Å². The molecule has 0 spiro atoms. The van der Waals surface area contributed by atoms with Crippen molar-refractivity contribution in [3.63, 3.8) is 0 Å². The van der Waals surface area contributed by atoms with Gasteiger partial charge in [-0.1, -0.05) is 0 Å². The summed E-state index contributed by atoms with van der Waals surface area (Å²) in [7, 11) is 0. The molecule has 0 radical (unpaired) electrons. The van der Waals surface area contributed by atoms with Crippen LogP contribution in [-0.4, -0.2) is 44.1 Å². The first-order valence-corrected chi connectivity index (χ1v) is 9.48. The molecule has 0 amide bonds. The Hall–Kier alpha value is -2.61. The minimum Gasteiger partial charge on any atom is -0.365 e. The minimum absolute atomic E-state index is 0.323. The van der Waals surface area contributed by atoms with Crippen molar-refractivity contribution in [1.29, 1.82) is 0 Å². The smallest absolute Gasteiger partial charge is 0.225 e. The molecule has 1 fully saturated rings. The number of anilines is 2. The molecule has 3 aromatic heterocycles. The van der Waals surface area contributed by atoms with Crippen LogP contribution in [0.2, 0.25) is 0 Å². The van der Waals surface area contributed by atoms with Crippen molar-refractivity contribution < 1.29 is 0 Å². The summed E-state index contributed by atoms with van der Waals surface area (Å²) in [5, 5.41) is 4.54. The largest absolute Gasteiger partial charge is 0.365 e. The monoisotopic (exact) mass is 367 g/mol. The lowest BCUT2D eigenvalue weighted by molar-refractivity contribution is 0.796. The fourth-order valence-electron chi connectivity index (χ4n) is 3.20. The molecule has 7 nitrogen and oxygen atoms in total. The van der Waals surface area contributed by atoms with Crippen LogP contribution in [0.4, 0.5) is 11.8 Å². The van der Waals surface area contributed by atoms with Crippen LogP contribution in [0.15, 0.2) is 24.7 Å². The molecule has 1 N–H and O–H groups in total.